The van der Waals surface area contributed by atoms with Crippen molar-refractivity contribution in [1.82, 2.24) is 4.90 Å². The van der Waals surface area contributed by atoms with Crippen molar-refractivity contribution in [3.8, 4) is 6.07 Å². The van der Waals surface area contributed by atoms with Crippen molar-refractivity contribution in [1.29, 1.82) is 5.26 Å². The maximum absolute atomic E-state index is 11.6. The summed E-state index contributed by atoms with van der Waals surface area (Å²) < 4.78 is 4.85. The zero-order valence-corrected chi connectivity index (χ0v) is 10.9. The molecule has 0 N–H and O–H groups in total. The van der Waals surface area contributed by atoms with Gasteiger partial charge < -0.3 is 9.64 Å². The number of ether oxygens (including phenoxy) is 1. The van der Waals surface area contributed by atoms with Gasteiger partial charge >= 0.3 is 5.97 Å². The maximum Gasteiger partial charge on any atom is 0.350 e. The summed E-state index contributed by atoms with van der Waals surface area (Å²) >= 11 is 0. The molecule has 0 bridgehead atoms. The van der Waals surface area contributed by atoms with Crippen LogP contribution in [0.1, 0.15) is 18.1 Å². The highest BCUT2D eigenvalue weighted by atomic mass is 16.5. The molecule has 4 nitrogen and oxygen atoms in total. The lowest BCUT2D eigenvalue weighted by Gasteiger charge is -2.27. The highest BCUT2D eigenvalue weighted by molar-refractivity contribution is 5.92. The minimum absolute atomic E-state index is 0.0567. The van der Waals surface area contributed by atoms with Gasteiger partial charge in [0.1, 0.15) is 6.07 Å². The van der Waals surface area contributed by atoms with Crippen LogP contribution in [0.3, 0.4) is 0 Å². The summed E-state index contributed by atoms with van der Waals surface area (Å²) in [6.45, 7) is 3.53. The zero-order valence-electron chi connectivity index (χ0n) is 10.9. The van der Waals surface area contributed by atoms with Crippen LogP contribution in [0.5, 0.6) is 0 Å². The van der Waals surface area contributed by atoms with Gasteiger partial charge in [-0.25, -0.2) is 4.79 Å². The molecule has 0 spiro atoms. The Labute approximate surface area is 112 Å². The van der Waals surface area contributed by atoms with E-state index >= 15 is 0 Å². The Kier molecular flexibility index (Phi) is 4.19. The van der Waals surface area contributed by atoms with E-state index in [0.717, 1.165) is 19.5 Å². The molecule has 0 saturated carbocycles. The molecule has 1 aromatic carbocycles. The quantitative estimate of drug-likeness (QED) is 0.471. The molecule has 1 aromatic rings. The van der Waals surface area contributed by atoms with Crippen LogP contribution in [0, 0.1) is 11.3 Å². The van der Waals surface area contributed by atoms with Crippen LogP contribution < -0.4 is 0 Å². The fourth-order valence-electron chi connectivity index (χ4n) is 2.15. The van der Waals surface area contributed by atoms with Crippen LogP contribution in [-0.2, 0) is 22.5 Å². The van der Waals surface area contributed by atoms with Gasteiger partial charge in [-0.1, -0.05) is 24.3 Å². The molecule has 1 heterocycles. The van der Waals surface area contributed by atoms with Crippen LogP contribution >= 0.6 is 0 Å². The first-order chi connectivity index (χ1) is 9.24. The number of fused-ring (bicyclic) bond motifs is 1. The second-order valence-electron chi connectivity index (χ2n) is 4.36. The Morgan fingerprint density at radius 3 is 2.89 bits per heavy atom. The van der Waals surface area contributed by atoms with E-state index in [1.807, 2.05) is 23.1 Å². The molecule has 19 heavy (non-hydrogen) atoms. The SMILES string of the molecule is CCOC(=O)/C(C#N)=C\N1CCc2ccccc2C1. The zero-order chi connectivity index (χ0) is 13.7. The van der Waals surface area contributed by atoms with Crippen molar-refractivity contribution in [2.45, 2.75) is 19.9 Å². The molecule has 0 saturated heterocycles. The highest BCUT2D eigenvalue weighted by Gasteiger charge is 2.16. The number of benzene rings is 1. The van der Waals surface area contributed by atoms with Crippen molar-refractivity contribution >= 4 is 5.97 Å². The molecular weight excluding hydrogens is 240 g/mol. The van der Waals surface area contributed by atoms with Gasteiger partial charge in [-0.05, 0) is 24.5 Å². The van der Waals surface area contributed by atoms with Gasteiger partial charge in [-0.15, -0.1) is 0 Å². The average molecular weight is 256 g/mol. The van der Waals surface area contributed by atoms with E-state index in [9.17, 15) is 4.79 Å². The Bertz CT molecular complexity index is 543. The molecule has 1 aliphatic rings. The smallest absolute Gasteiger partial charge is 0.350 e. The minimum Gasteiger partial charge on any atom is -0.462 e. The monoisotopic (exact) mass is 256 g/mol. The molecule has 0 aliphatic carbocycles. The summed E-state index contributed by atoms with van der Waals surface area (Å²) in [5.41, 5.74) is 2.63. The fraction of sp³-hybridized carbons (Fsp3) is 0.333. The van der Waals surface area contributed by atoms with Crippen LogP contribution in [0.15, 0.2) is 36.0 Å². The number of nitrogens with zero attached hydrogens (tertiary/aromatic N) is 2. The van der Waals surface area contributed by atoms with E-state index in [4.69, 9.17) is 10.00 Å². The number of hydrogen-bond donors (Lipinski definition) is 0. The summed E-state index contributed by atoms with van der Waals surface area (Å²) in [5.74, 6) is -0.552. The second-order valence-corrected chi connectivity index (χ2v) is 4.36. The summed E-state index contributed by atoms with van der Waals surface area (Å²) in [7, 11) is 0. The molecular formula is C15H16N2O2. The number of rotatable bonds is 3. The Hall–Kier alpha value is -2.28. The van der Waals surface area contributed by atoms with E-state index in [1.54, 1.807) is 13.1 Å². The molecule has 0 atom stereocenters. The third-order valence-corrected chi connectivity index (χ3v) is 3.09. The Morgan fingerprint density at radius 2 is 2.21 bits per heavy atom. The highest BCUT2D eigenvalue weighted by Crippen LogP contribution is 2.19. The van der Waals surface area contributed by atoms with Gasteiger partial charge in [0.05, 0.1) is 6.61 Å². The lowest BCUT2D eigenvalue weighted by Crippen LogP contribution is -2.27. The lowest BCUT2D eigenvalue weighted by atomic mass is 10.0. The van der Waals surface area contributed by atoms with E-state index in [1.165, 1.54) is 11.1 Å². The molecule has 2 rings (SSSR count). The van der Waals surface area contributed by atoms with Crippen molar-refractivity contribution in [2.24, 2.45) is 0 Å². The van der Waals surface area contributed by atoms with Crippen LogP contribution in [0.4, 0.5) is 0 Å². The van der Waals surface area contributed by atoms with Gasteiger partial charge in [0, 0.05) is 19.3 Å². The number of esters is 1. The number of nitriles is 1. The van der Waals surface area contributed by atoms with E-state index in [-0.39, 0.29) is 12.2 Å². The fourth-order valence-corrected chi connectivity index (χ4v) is 2.15. The number of carbonyl (C=O) groups excluding carboxylic acids is 1. The van der Waals surface area contributed by atoms with Crippen molar-refractivity contribution in [2.75, 3.05) is 13.2 Å². The third-order valence-electron chi connectivity index (χ3n) is 3.09. The predicted octanol–water partition coefficient (Wildman–Crippen LogP) is 2.02. The first kappa shape index (κ1) is 13.2. The van der Waals surface area contributed by atoms with Gasteiger partial charge in [-0.3, -0.25) is 0 Å². The van der Waals surface area contributed by atoms with Gasteiger partial charge in [0.2, 0.25) is 0 Å². The Morgan fingerprint density at radius 1 is 1.47 bits per heavy atom. The van der Waals surface area contributed by atoms with E-state index < -0.39 is 5.97 Å². The lowest BCUT2D eigenvalue weighted by molar-refractivity contribution is -0.138. The molecule has 4 heteroatoms. The number of carbonyl (C=O) groups is 1. The molecule has 0 radical (unpaired) electrons. The average Bonchev–Trinajstić information content (AvgIpc) is 2.44. The third kappa shape index (κ3) is 3.14. The molecule has 0 amide bonds. The first-order valence-electron chi connectivity index (χ1n) is 6.34. The summed E-state index contributed by atoms with van der Waals surface area (Å²) in [6, 6.07) is 10.1. The summed E-state index contributed by atoms with van der Waals surface area (Å²) in [6.07, 6.45) is 2.53. The van der Waals surface area contributed by atoms with Crippen molar-refractivity contribution < 1.29 is 9.53 Å². The Balaban J connectivity index is 2.12. The van der Waals surface area contributed by atoms with Gasteiger partial charge in [0.15, 0.2) is 5.57 Å². The van der Waals surface area contributed by atoms with Gasteiger partial charge in [-0.2, -0.15) is 5.26 Å². The first-order valence-corrected chi connectivity index (χ1v) is 6.34. The summed E-state index contributed by atoms with van der Waals surface area (Å²) in [5, 5.41) is 9.00. The van der Waals surface area contributed by atoms with E-state index in [0.29, 0.717) is 0 Å². The normalized spacial score (nSPS) is 14.5. The summed E-state index contributed by atoms with van der Waals surface area (Å²) in [4.78, 5) is 13.5. The van der Waals surface area contributed by atoms with Crippen molar-refractivity contribution in [3.05, 3.63) is 47.2 Å². The van der Waals surface area contributed by atoms with Gasteiger partial charge in [0.25, 0.3) is 0 Å². The van der Waals surface area contributed by atoms with E-state index in [2.05, 4.69) is 12.1 Å². The number of hydrogen-bond acceptors (Lipinski definition) is 4. The predicted molar refractivity (Wildman–Crippen MR) is 70.9 cm³/mol. The molecule has 0 aromatic heterocycles. The van der Waals surface area contributed by atoms with Crippen LogP contribution in [0.2, 0.25) is 0 Å². The standard InChI is InChI=1S/C15H16N2O2/c1-2-19-15(18)14(9-16)11-17-8-7-12-5-3-4-6-13(12)10-17/h3-6,11H,2,7-8,10H2,1H3/b14-11-. The minimum atomic E-state index is -0.552. The van der Waals surface area contributed by atoms with Crippen LogP contribution in [-0.4, -0.2) is 24.0 Å². The van der Waals surface area contributed by atoms with Crippen molar-refractivity contribution in [3.63, 3.8) is 0 Å². The topological polar surface area (TPSA) is 53.3 Å². The molecule has 0 unspecified atom stereocenters. The maximum atomic E-state index is 11.6. The molecule has 1 aliphatic heterocycles. The second kappa shape index (κ2) is 6.05. The largest absolute Gasteiger partial charge is 0.462 e. The molecule has 0 fully saturated rings. The molecule has 98 valence electrons. The van der Waals surface area contributed by atoms with Crippen LogP contribution in [0.25, 0.3) is 0 Å².